The second-order valence-corrected chi connectivity index (χ2v) is 12.7. The number of carbonyl (C=O) groups is 2. The number of halogens is 4. The van der Waals surface area contributed by atoms with E-state index in [9.17, 15) is 22.8 Å². The maximum absolute atomic E-state index is 13.6. The Kier molecular flexibility index (Phi) is 11.0. The number of nitrogens with zero attached hydrogens (tertiary/aromatic N) is 5. The average Bonchev–Trinajstić information content (AvgIpc) is 3.43. The van der Waals surface area contributed by atoms with Gasteiger partial charge < -0.3 is 19.1 Å². The Balaban J connectivity index is 0.00000486. The Hall–Kier alpha value is -4.68. The van der Waals surface area contributed by atoms with E-state index in [0.29, 0.717) is 36.1 Å². The molecule has 0 saturated carbocycles. The third-order valence-electron chi connectivity index (χ3n) is 9.04. The van der Waals surface area contributed by atoms with E-state index in [1.54, 1.807) is 18.2 Å². The lowest BCUT2D eigenvalue weighted by molar-refractivity contribution is -0.137. The molecule has 1 saturated heterocycles. The number of amides is 2. The van der Waals surface area contributed by atoms with Crippen molar-refractivity contribution in [3.05, 3.63) is 119 Å². The van der Waals surface area contributed by atoms with Crippen molar-refractivity contribution in [2.24, 2.45) is 7.05 Å². The van der Waals surface area contributed by atoms with Gasteiger partial charge in [-0.05, 0) is 65.6 Å². The normalized spacial score (nSPS) is 13.7. The van der Waals surface area contributed by atoms with Crippen molar-refractivity contribution < 1.29 is 27.5 Å². The third-order valence-corrected chi connectivity index (χ3v) is 9.04. The molecule has 12 heteroatoms. The van der Waals surface area contributed by atoms with Crippen molar-refractivity contribution in [2.75, 3.05) is 38.1 Å². The van der Waals surface area contributed by atoms with Gasteiger partial charge in [0.1, 0.15) is 11.4 Å². The first-order valence-electron chi connectivity index (χ1n) is 16.2. The van der Waals surface area contributed by atoms with Crippen molar-refractivity contribution in [1.29, 1.82) is 0 Å². The van der Waals surface area contributed by atoms with Crippen LogP contribution in [-0.4, -0.2) is 64.4 Å². The number of benzene rings is 3. The Bertz CT molecular complexity index is 1950. The zero-order valence-electron chi connectivity index (χ0n) is 28.3. The van der Waals surface area contributed by atoms with Gasteiger partial charge in [-0.1, -0.05) is 38.1 Å². The highest BCUT2D eigenvalue weighted by atomic mass is 79.9. The molecule has 0 spiro atoms. The minimum Gasteiger partial charge on any atom is -0.439 e. The van der Waals surface area contributed by atoms with Gasteiger partial charge in [-0.25, -0.2) is 4.98 Å². The summed E-state index contributed by atoms with van der Waals surface area (Å²) in [4.78, 5) is 36.4. The lowest BCUT2D eigenvalue weighted by Crippen LogP contribution is -2.48. The molecule has 5 aromatic rings. The summed E-state index contributed by atoms with van der Waals surface area (Å²) < 4.78 is 46.5. The smallest absolute Gasteiger partial charge is 0.416 e. The zero-order valence-corrected chi connectivity index (χ0v) is 30.0. The molecule has 6 rings (SSSR count). The molecule has 262 valence electrons. The summed E-state index contributed by atoms with van der Waals surface area (Å²) in [5.74, 6) is 0.843. The highest BCUT2D eigenvalue weighted by molar-refractivity contribution is 8.93. The molecule has 0 aliphatic carbocycles. The molecule has 8 nitrogen and oxygen atoms in total. The number of fused-ring (bicyclic) bond motifs is 1. The fourth-order valence-corrected chi connectivity index (χ4v) is 5.98. The third kappa shape index (κ3) is 8.03. The van der Waals surface area contributed by atoms with E-state index in [1.165, 1.54) is 29.3 Å². The van der Waals surface area contributed by atoms with Gasteiger partial charge in [-0.3, -0.25) is 14.5 Å². The number of hydrogen-bond donors (Lipinski definition) is 0. The fourth-order valence-electron chi connectivity index (χ4n) is 5.98. The molecule has 0 radical (unpaired) electrons. The first kappa shape index (κ1) is 36.6. The maximum Gasteiger partial charge on any atom is 0.416 e. The van der Waals surface area contributed by atoms with Crippen LogP contribution in [0.5, 0.6) is 11.6 Å². The predicted octanol–water partition coefficient (Wildman–Crippen LogP) is 8.32. The van der Waals surface area contributed by atoms with E-state index >= 15 is 0 Å². The molecule has 0 N–H and O–H groups in total. The number of ether oxygens (including phenoxy) is 1. The van der Waals surface area contributed by atoms with Gasteiger partial charge in [-0.2, -0.15) is 13.2 Å². The number of aryl methyl sites for hydroxylation is 1. The molecule has 1 aliphatic rings. The second kappa shape index (κ2) is 15.1. The first-order valence-corrected chi connectivity index (χ1v) is 16.2. The van der Waals surface area contributed by atoms with Crippen LogP contribution in [0.1, 0.15) is 57.3 Å². The van der Waals surface area contributed by atoms with Crippen LogP contribution in [0.3, 0.4) is 0 Å². The number of carbonyl (C=O) groups excluding carboxylic acids is 2. The molecule has 3 aromatic carbocycles. The van der Waals surface area contributed by atoms with Crippen molar-refractivity contribution in [1.82, 2.24) is 19.4 Å². The van der Waals surface area contributed by atoms with Crippen molar-refractivity contribution >= 4 is 45.4 Å². The summed E-state index contributed by atoms with van der Waals surface area (Å²) >= 11 is 0. The molecular formula is C38H39BrF3N5O3. The number of rotatable bonds is 8. The number of piperazine rings is 1. The molecule has 3 heterocycles. The summed E-state index contributed by atoms with van der Waals surface area (Å²) in [5, 5.41) is 0.911. The Morgan fingerprint density at radius 2 is 1.58 bits per heavy atom. The highest BCUT2D eigenvalue weighted by Gasteiger charge is 2.30. The van der Waals surface area contributed by atoms with Gasteiger partial charge in [-0.15, -0.1) is 17.0 Å². The monoisotopic (exact) mass is 749 g/mol. The Labute approximate surface area is 299 Å². The Morgan fingerprint density at radius 1 is 0.900 bits per heavy atom. The minimum absolute atomic E-state index is 0. The summed E-state index contributed by atoms with van der Waals surface area (Å²) in [5.41, 5.74) is 3.80. The van der Waals surface area contributed by atoms with Crippen LogP contribution in [0.25, 0.3) is 10.9 Å². The van der Waals surface area contributed by atoms with E-state index in [-0.39, 0.29) is 34.3 Å². The van der Waals surface area contributed by atoms with Gasteiger partial charge in [0, 0.05) is 69.9 Å². The van der Waals surface area contributed by atoms with Crippen molar-refractivity contribution in [3.63, 3.8) is 0 Å². The summed E-state index contributed by atoms with van der Waals surface area (Å²) in [6, 6.07) is 23.6. The fraction of sp³-hybridized carbons (Fsp3) is 0.289. The van der Waals surface area contributed by atoms with E-state index in [4.69, 9.17) is 4.74 Å². The Morgan fingerprint density at radius 3 is 2.18 bits per heavy atom. The van der Waals surface area contributed by atoms with E-state index in [1.807, 2.05) is 34.7 Å². The molecule has 0 atom stereocenters. The SMILES string of the molecule is Br.CC(C)c1ccc(CN2CCN(C(=O)c3cc4ccc(Oc5ccc(N(C)C(=O)c6ccc(C(F)(F)F)cc6)cn5)cc4n3C)CC2)cc1. The van der Waals surface area contributed by atoms with Crippen molar-refractivity contribution in [2.45, 2.75) is 32.5 Å². The molecule has 1 fully saturated rings. The lowest BCUT2D eigenvalue weighted by atomic mass is 10.0. The van der Waals surface area contributed by atoms with Gasteiger partial charge in [0.25, 0.3) is 11.8 Å². The number of anilines is 1. The van der Waals surface area contributed by atoms with Gasteiger partial charge in [0.05, 0.1) is 23.0 Å². The standard InChI is InChI=1S/C38H38F3N5O3.BrH/c1-25(2)27-7-5-26(6-8-27)24-45-17-19-46(20-18-45)37(48)34-21-29-11-15-32(22-33(29)44(34)4)49-35-16-14-31(23-42-35)43(3)36(47)28-9-12-30(13-10-28)38(39,40)41;/h5-16,21-23,25H,17-20,24H2,1-4H3;1H. The van der Waals surface area contributed by atoms with Crippen LogP contribution in [0.15, 0.2) is 91.1 Å². The van der Waals surface area contributed by atoms with Crippen LogP contribution < -0.4 is 9.64 Å². The summed E-state index contributed by atoms with van der Waals surface area (Å²) in [6.07, 6.45) is -3.02. The van der Waals surface area contributed by atoms with Crippen LogP contribution >= 0.6 is 17.0 Å². The number of aromatic nitrogens is 2. The van der Waals surface area contributed by atoms with Gasteiger partial charge in [0.15, 0.2) is 0 Å². The van der Waals surface area contributed by atoms with Crippen LogP contribution in [0, 0.1) is 0 Å². The largest absolute Gasteiger partial charge is 0.439 e. The van der Waals surface area contributed by atoms with E-state index < -0.39 is 17.6 Å². The van der Waals surface area contributed by atoms with Crippen molar-refractivity contribution in [3.8, 4) is 11.6 Å². The van der Waals surface area contributed by atoms with Gasteiger partial charge >= 0.3 is 6.18 Å². The maximum atomic E-state index is 13.6. The van der Waals surface area contributed by atoms with E-state index in [0.717, 1.165) is 54.8 Å². The molecule has 50 heavy (non-hydrogen) atoms. The highest BCUT2D eigenvalue weighted by Crippen LogP contribution is 2.31. The second-order valence-electron chi connectivity index (χ2n) is 12.7. The topological polar surface area (TPSA) is 70.9 Å². The van der Waals surface area contributed by atoms with Crippen LogP contribution in [-0.2, 0) is 19.8 Å². The molecular weight excluding hydrogens is 711 g/mol. The molecule has 2 amide bonds. The summed E-state index contributed by atoms with van der Waals surface area (Å²) in [6.45, 7) is 8.19. The van der Waals surface area contributed by atoms with Crippen LogP contribution in [0.4, 0.5) is 18.9 Å². The van der Waals surface area contributed by atoms with Crippen LogP contribution in [0.2, 0.25) is 0 Å². The first-order chi connectivity index (χ1) is 23.4. The van der Waals surface area contributed by atoms with E-state index in [2.05, 4.69) is 48.0 Å². The molecule has 1 aliphatic heterocycles. The summed E-state index contributed by atoms with van der Waals surface area (Å²) in [7, 11) is 3.39. The zero-order chi connectivity index (χ0) is 34.9. The quantitative estimate of drug-likeness (QED) is 0.160. The molecule has 0 bridgehead atoms. The lowest BCUT2D eigenvalue weighted by Gasteiger charge is -2.34. The van der Waals surface area contributed by atoms with Gasteiger partial charge in [0.2, 0.25) is 5.88 Å². The molecule has 0 unspecified atom stereocenters. The number of pyridine rings is 1. The average molecular weight is 751 g/mol. The number of hydrogen-bond acceptors (Lipinski definition) is 5. The number of alkyl halides is 3. The molecule has 2 aromatic heterocycles. The predicted molar refractivity (Wildman–Crippen MR) is 193 cm³/mol. The minimum atomic E-state index is -4.48.